The number of rotatable bonds is 11. The smallest absolute Gasteiger partial charge is 0.306 e. The second-order valence-corrected chi connectivity index (χ2v) is 5.33. The highest BCUT2D eigenvalue weighted by Crippen LogP contribution is 2.18. The molecule has 0 aliphatic heterocycles. The molecule has 7 nitrogen and oxygen atoms in total. The van der Waals surface area contributed by atoms with Crippen molar-refractivity contribution in [2.24, 2.45) is 0 Å². The summed E-state index contributed by atoms with van der Waals surface area (Å²) in [5, 5.41) is 10.9. The molecule has 0 aliphatic rings. The predicted molar refractivity (Wildman–Crippen MR) is 87.2 cm³/mol. The standard InChI is InChI=1S/C17H23NO6/c1-2-3-6-12-23-16(19)10-7-11-17(20)24-13-14-8-4-5-9-15(14)18(21)22/h4-5,8-9H,2-3,6-7,10-13H2,1H3. The molecule has 0 amide bonds. The molecule has 0 radical (unpaired) electrons. The largest absolute Gasteiger partial charge is 0.466 e. The highest BCUT2D eigenvalue weighted by atomic mass is 16.6. The lowest BCUT2D eigenvalue weighted by Crippen LogP contribution is -2.09. The van der Waals surface area contributed by atoms with Crippen LogP contribution in [-0.2, 0) is 25.7 Å². The average Bonchev–Trinajstić information content (AvgIpc) is 2.57. The maximum atomic E-state index is 11.6. The van der Waals surface area contributed by atoms with Gasteiger partial charge in [-0.1, -0.05) is 31.9 Å². The van der Waals surface area contributed by atoms with Gasteiger partial charge >= 0.3 is 11.9 Å². The van der Waals surface area contributed by atoms with Crippen molar-refractivity contribution >= 4 is 17.6 Å². The Hall–Kier alpha value is -2.44. The van der Waals surface area contributed by atoms with Gasteiger partial charge in [-0.15, -0.1) is 0 Å². The van der Waals surface area contributed by atoms with E-state index in [9.17, 15) is 19.7 Å². The number of ether oxygens (including phenoxy) is 2. The van der Waals surface area contributed by atoms with E-state index in [2.05, 4.69) is 6.92 Å². The monoisotopic (exact) mass is 337 g/mol. The Morgan fingerprint density at radius 1 is 1.04 bits per heavy atom. The van der Waals surface area contributed by atoms with Crippen molar-refractivity contribution < 1.29 is 24.0 Å². The van der Waals surface area contributed by atoms with Gasteiger partial charge in [0.25, 0.3) is 5.69 Å². The summed E-state index contributed by atoms with van der Waals surface area (Å²) in [6.45, 7) is 2.32. The lowest BCUT2D eigenvalue weighted by Gasteiger charge is -2.06. The molecule has 7 heteroatoms. The fourth-order valence-corrected chi connectivity index (χ4v) is 2.03. The van der Waals surface area contributed by atoms with Gasteiger partial charge in [0.05, 0.1) is 17.1 Å². The Balaban J connectivity index is 2.23. The Morgan fingerprint density at radius 3 is 2.38 bits per heavy atom. The molecule has 0 N–H and O–H groups in total. The van der Waals surface area contributed by atoms with Gasteiger partial charge in [-0.3, -0.25) is 19.7 Å². The number of para-hydroxylation sites is 1. The number of nitrogens with zero attached hydrogens (tertiary/aromatic N) is 1. The summed E-state index contributed by atoms with van der Waals surface area (Å²) >= 11 is 0. The number of carbonyl (C=O) groups excluding carboxylic acids is 2. The van der Waals surface area contributed by atoms with Crippen LogP contribution in [0.1, 0.15) is 51.0 Å². The number of carbonyl (C=O) groups is 2. The van der Waals surface area contributed by atoms with E-state index < -0.39 is 10.9 Å². The summed E-state index contributed by atoms with van der Waals surface area (Å²) in [6, 6.07) is 6.09. The first-order valence-electron chi connectivity index (χ1n) is 8.08. The van der Waals surface area contributed by atoms with Crippen molar-refractivity contribution in [3.05, 3.63) is 39.9 Å². The third kappa shape index (κ3) is 7.71. The van der Waals surface area contributed by atoms with E-state index in [0.29, 0.717) is 18.6 Å². The zero-order valence-corrected chi connectivity index (χ0v) is 13.9. The number of hydrogen-bond acceptors (Lipinski definition) is 6. The van der Waals surface area contributed by atoms with Crippen LogP contribution in [0.2, 0.25) is 0 Å². The van der Waals surface area contributed by atoms with Crippen molar-refractivity contribution in [2.75, 3.05) is 6.61 Å². The quantitative estimate of drug-likeness (QED) is 0.265. The first-order valence-corrected chi connectivity index (χ1v) is 8.08. The fourth-order valence-electron chi connectivity index (χ4n) is 2.03. The third-order valence-corrected chi connectivity index (χ3v) is 3.35. The van der Waals surface area contributed by atoms with Crippen LogP contribution in [-0.4, -0.2) is 23.5 Å². The van der Waals surface area contributed by atoms with E-state index in [-0.39, 0.29) is 31.1 Å². The molecule has 132 valence electrons. The summed E-state index contributed by atoms with van der Waals surface area (Å²) in [6.07, 6.45) is 3.49. The molecule has 1 aromatic carbocycles. The maximum absolute atomic E-state index is 11.6. The van der Waals surface area contributed by atoms with Gasteiger partial charge in [-0.25, -0.2) is 0 Å². The summed E-state index contributed by atoms with van der Waals surface area (Å²) in [5.41, 5.74) is 0.257. The molecule has 0 heterocycles. The summed E-state index contributed by atoms with van der Waals surface area (Å²) < 4.78 is 10.0. The number of nitro benzene ring substituents is 1. The Bertz CT molecular complexity index is 558. The molecular weight excluding hydrogens is 314 g/mol. The lowest BCUT2D eigenvalue weighted by atomic mass is 10.2. The molecule has 1 rings (SSSR count). The number of benzene rings is 1. The number of unbranched alkanes of at least 4 members (excludes halogenated alkanes) is 2. The van der Waals surface area contributed by atoms with Gasteiger partial charge in [0, 0.05) is 18.9 Å². The summed E-state index contributed by atoms with van der Waals surface area (Å²) in [7, 11) is 0. The second-order valence-electron chi connectivity index (χ2n) is 5.33. The molecule has 0 saturated heterocycles. The molecule has 0 fully saturated rings. The van der Waals surface area contributed by atoms with Gasteiger partial charge in [0.15, 0.2) is 0 Å². The van der Waals surface area contributed by atoms with Crippen LogP contribution in [0.4, 0.5) is 5.69 Å². The molecule has 0 saturated carbocycles. The Kier molecular flexibility index (Phi) is 9.11. The van der Waals surface area contributed by atoms with E-state index in [1.807, 2.05) is 0 Å². The topological polar surface area (TPSA) is 95.7 Å². The van der Waals surface area contributed by atoms with E-state index in [4.69, 9.17) is 9.47 Å². The normalized spacial score (nSPS) is 10.2. The minimum absolute atomic E-state index is 0.0741. The van der Waals surface area contributed by atoms with Crippen LogP contribution >= 0.6 is 0 Å². The van der Waals surface area contributed by atoms with Crippen LogP contribution in [0, 0.1) is 10.1 Å². The van der Waals surface area contributed by atoms with E-state index in [0.717, 1.165) is 19.3 Å². The SMILES string of the molecule is CCCCCOC(=O)CCCC(=O)OCc1ccccc1[N+](=O)[O-]. The van der Waals surface area contributed by atoms with E-state index in [1.165, 1.54) is 6.07 Å². The van der Waals surface area contributed by atoms with Crippen molar-refractivity contribution in [3.8, 4) is 0 Å². The predicted octanol–water partition coefficient (Wildman–Crippen LogP) is 3.54. The molecule has 0 aromatic heterocycles. The van der Waals surface area contributed by atoms with E-state index >= 15 is 0 Å². The highest BCUT2D eigenvalue weighted by Gasteiger charge is 2.14. The van der Waals surface area contributed by atoms with Crippen molar-refractivity contribution in [1.29, 1.82) is 0 Å². The molecule has 0 aliphatic carbocycles. The number of nitro groups is 1. The lowest BCUT2D eigenvalue weighted by molar-refractivity contribution is -0.385. The molecule has 0 atom stereocenters. The second kappa shape index (κ2) is 11.2. The molecule has 0 bridgehead atoms. The first-order chi connectivity index (χ1) is 11.5. The zero-order chi connectivity index (χ0) is 17.8. The molecule has 24 heavy (non-hydrogen) atoms. The fraction of sp³-hybridized carbons (Fsp3) is 0.529. The van der Waals surface area contributed by atoms with Crippen molar-refractivity contribution in [2.45, 2.75) is 52.1 Å². The summed E-state index contributed by atoms with van der Waals surface area (Å²) in [4.78, 5) is 33.4. The van der Waals surface area contributed by atoms with Crippen LogP contribution in [0.3, 0.4) is 0 Å². The van der Waals surface area contributed by atoms with Gasteiger partial charge in [-0.2, -0.15) is 0 Å². The van der Waals surface area contributed by atoms with E-state index in [1.54, 1.807) is 18.2 Å². The molecule has 0 unspecified atom stereocenters. The van der Waals surface area contributed by atoms with Crippen molar-refractivity contribution in [1.82, 2.24) is 0 Å². The van der Waals surface area contributed by atoms with Crippen molar-refractivity contribution in [3.63, 3.8) is 0 Å². The zero-order valence-electron chi connectivity index (χ0n) is 13.9. The van der Waals surface area contributed by atoms with Gasteiger partial charge in [0.1, 0.15) is 6.61 Å². The minimum atomic E-state index is -0.516. The maximum Gasteiger partial charge on any atom is 0.306 e. The van der Waals surface area contributed by atoms with Crippen LogP contribution in [0.15, 0.2) is 24.3 Å². The van der Waals surface area contributed by atoms with Gasteiger partial charge in [0.2, 0.25) is 0 Å². The Labute approximate surface area is 141 Å². The third-order valence-electron chi connectivity index (χ3n) is 3.35. The van der Waals surface area contributed by atoms with Crippen LogP contribution < -0.4 is 0 Å². The number of esters is 2. The minimum Gasteiger partial charge on any atom is -0.466 e. The number of hydrogen-bond donors (Lipinski definition) is 0. The first kappa shape index (κ1) is 19.6. The molecule has 0 spiro atoms. The Morgan fingerprint density at radius 2 is 1.71 bits per heavy atom. The molecular formula is C17H23NO6. The van der Waals surface area contributed by atoms with Gasteiger partial charge in [-0.05, 0) is 18.9 Å². The van der Waals surface area contributed by atoms with Gasteiger partial charge < -0.3 is 9.47 Å². The molecule has 1 aromatic rings. The average molecular weight is 337 g/mol. The van der Waals surface area contributed by atoms with Crippen LogP contribution in [0.5, 0.6) is 0 Å². The highest BCUT2D eigenvalue weighted by molar-refractivity contribution is 5.72. The summed E-state index contributed by atoms with van der Waals surface area (Å²) in [5.74, 6) is -0.815. The van der Waals surface area contributed by atoms with Crippen LogP contribution in [0.25, 0.3) is 0 Å².